The summed E-state index contributed by atoms with van der Waals surface area (Å²) >= 11 is 0. The first-order chi connectivity index (χ1) is 14.0. The van der Waals surface area contributed by atoms with Gasteiger partial charge in [-0.25, -0.2) is 14.8 Å². The molecule has 1 aliphatic heterocycles. The van der Waals surface area contributed by atoms with E-state index < -0.39 is 6.09 Å². The fourth-order valence-corrected chi connectivity index (χ4v) is 3.76. The average Bonchev–Trinajstić information content (AvgIpc) is 2.73. The van der Waals surface area contributed by atoms with Crippen molar-refractivity contribution in [1.29, 1.82) is 0 Å². The molecule has 2 aromatic carbocycles. The zero-order chi connectivity index (χ0) is 20.4. The summed E-state index contributed by atoms with van der Waals surface area (Å²) in [6.45, 7) is 3.49. The fraction of sp³-hybridized carbons (Fsp3) is 0.318. The quantitative estimate of drug-likeness (QED) is 0.654. The number of aromatic hydroxyl groups is 1. The van der Waals surface area contributed by atoms with Gasteiger partial charge in [0.05, 0.1) is 18.2 Å². The number of methoxy groups -OCH3 is 1. The Morgan fingerprint density at radius 2 is 2.03 bits per heavy atom. The molecule has 1 aromatic heterocycles. The number of alkyl carbamates (subject to hydrolysis) is 1. The lowest BCUT2D eigenvalue weighted by atomic mass is 10.0. The summed E-state index contributed by atoms with van der Waals surface area (Å²) in [5.74, 6) is 1.44. The maximum Gasteiger partial charge on any atom is 0.407 e. The number of anilines is 1. The van der Waals surface area contributed by atoms with Gasteiger partial charge in [-0.1, -0.05) is 18.2 Å². The summed E-state index contributed by atoms with van der Waals surface area (Å²) in [6, 6.07) is 13.2. The number of ether oxygens (including phenoxy) is 1. The van der Waals surface area contributed by atoms with Crippen molar-refractivity contribution in [2.75, 3.05) is 25.1 Å². The van der Waals surface area contributed by atoms with Crippen LogP contribution >= 0.6 is 12.4 Å². The summed E-state index contributed by atoms with van der Waals surface area (Å²) in [5, 5.41) is 14.2. The normalized spacial score (nSPS) is 16.1. The van der Waals surface area contributed by atoms with Gasteiger partial charge >= 0.3 is 6.09 Å². The molecule has 4 rings (SSSR count). The molecule has 0 spiro atoms. The molecule has 1 atom stereocenters. The Balaban J connectivity index is 0.00000256. The van der Waals surface area contributed by atoms with Gasteiger partial charge in [0.1, 0.15) is 11.6 Å². The Morgan fingerprint density at radius 3 is 2.80 bits per heavy atom. The number of amides is 1. The Kier molecular flexibility index (Phi) is 6.62. The molecule has 0 radical (unpaired) electrons. The molecule has 0 bridgehead atoms. The first kappa shape index (κ1) is 21.6. The van der Waals surface area contributed by atoms with Crippen LogP contribution < -0.4 is 10.2 Å². The first-order valence-corrected chi connectivity index (χ1v) is 9.71. The summed E-state index contributed by atoms with van der Waals surface area (Å²) in [7, 11) is 1.37. The number of carbonyl (C=O) groups excluding carboxylic acids is 1. The number of para-hydroxylation sites is 1. The lowest BCUT2D eigenvalue weighted by Crippen LogP contribution is -2.48. The molecule has 0 saturated carbocycles. The molecule has 8 heteroatoms. The summed E-state index contributed by atoms with van der Waals surface area (Å²) in [5.41, 5.74) is 2.53. The number of phenolic OH excluding ortho intramolecular Hbond substituents is 1. The van der Waals surface area contributed by atoms with Gasteiger partial charge in [-0.15, -0.1) is 12.4 Å². The largest absolute Gasteiger partial charge is 0.507 e. The van der Waals surface area contributed by atoms with E-state index in [4.69, 9.17) is 14.7 Å². The Labute approximate surface area is 181 Å². The number of phenols is 1. The third-order valence-electron chi connectivity index (χ3n) is 5.21. The van der Waals surface area contributed by atoms with Crippen molar-refractivity contribution in [3.63, 3.8) is 0 Å². The van der Waals surface area contributed by atoms with Gasteiger partial charge in [0.15, 0.2) is 5.82 Å². The predicted octanol–water partition coefficient (Wildman–Crippen LogP) is 4.06. The highest BCUT2D eigenvalue weighted by Gasteiger charge is 2.25. The predicted molar refractivity (Wildman–Crippen MR) is 119 cm³/mol. The van der Waals surface area contributed by atoms with Gasteiger partial charge in [0.2, 0.25) is 0 Å². The van der Waals surface area contributed by atoms with Crippen LogP contribution in [0.15, 0.2) is 42.5 Å². The number of piperidine rings is 1. The Morgan fingerprint density at radius 1 is 1.23 bits per heavy atom. The number of aryl methyl sites for hydroxylation is 1. The number of nitrogens with one attached hydrogen (secondary N) is 1. The molecule has 2 N–H and O–H groups in total. The molecule has 1 amide bonds. The van der Waals surface area contributed by atoms with Gasteiger partial charge in [-0.2, -0.15) is 0 Å². The van der Waals surface area contributed by atoms with Gasteiger partial charge in [-0.3, -0.25) is 0 Å². The van der Waals surface area contributed by atoms with Crippen molar-refractivity contribution in [1.82, 2.24) is 15.3 Å². The van der Waals surface area contributed by atoms with E-state index in [0.717, 1.165) is 41.7 Å². The number of nitrogens with zero attached hydrogens (tertiary/aromatic N) is 3. The molecular formula is C22H25ClN4O3. The van der Waals surface area contributed by atoms with Crippen molar-refractivity contribution in [2.45, 2.75) is 25.8 Å². The third kappa shape index (κ3) is 4.41. The topological polar surface area (TPSA) is 87.6 Å². The molecular weight excluding hydrogens is 404 g/mol. The minimum atomic E-state index is -0.421. The standard InChI is InChI=1S/C22H24N4O3.ClH/c1-14-9-10-16-18(12-14)24-20(17-7-3-4-8-19(17)27)25-21(16)26-11-5-6-15(13-26)23-22(28)29-2;/h3-4,7-10,12,15,27H,5-6,11,13H2,1-2H3,(H,23,28);1H/t15-;/m0./s1. The van der Waals surface area contributed by atoms with Crippen LogP contribution in [0.2, 0.25) is 0 Å². The molecule has 3 aromatic rings. The van der Waals surface area contributed by atoms with E-state index in [-0.39, 0.29) is 24.2 Å². The second kappa shape index (κ2) is 9.17. The monoisotopic (exact) mass is 428 g/mol. The minimum absolute atomic E-state index is 0. The van der Waals surface area contributed by atoms with E-state index in [0.29, 0.717) is 17.9 Å². The van der Waals surface area contributed by atoms with Gasteiger partial charge < -0.3 is 20.1 Å². The highest BCUT2D eigenvalue weighted by atomic mass is 35.5. The van der Waals surface area contributed by atoms with Crippen LogP contribution in [0.25, 0.3) is 22.3 Å². The van der Waals surface area contributed by atoms with Crippen molar-refractivity contribution >= 4 is 35.2 Å². The lowest BCUT2D eigenvalue weighted by molar-refractivity contribution is 0.165. The molecule has 158 valence electrons. The highest BCUT2D eigenvalue weighted by Crippen LogP contribution is 2.32. The number of aromatic nitrogens is 2. The molecule has 1 fully saturated rings. The van der Waals surface area contributed by atoms with Crippen LogP contribution in [0, 0.1) is 6.92 Å². The van der Waals surface area contributed by atoms with E-state index in [1.807, 2.05) is 37.3 Å². The van der Waals surface area contributed by atoms with E-state index in [9.17, 15) is 9.90 Å². The summed E-state index contributed by atoms with van der Waals surface area (Å²) in [6.07, 6.45) is 1.40. The van der Waals surface area contributed by atoms with Gasteiger partial charge in [0.25, 0.3) is 0 Å². The minimum Gasteiger partial charge on any atom is -0.507 e. The molecule has 30 heavy (non-hydrogen) atoms. The smallest absolute Gasteiger partial charge is 0.407 e. The molecule has 2 heterocycles. The Bertz CT molecular complexity index is 1060. The highest BCUT2D eigenvalue weighted by molar-refractivity contribution is 5.92. The molecule has 1 aliphatic rings. The second-order valence-electron chi connectivity index (χ2n) is 7.33. The van der Waals surface area contributed by atoms with Crippen molar-refractivity contribution in [2.24, 2.45) is 0 Å². The SMILES string of the molecule is COC(=O)N[C@H]1CCCN(c2nc(-c3ccccc3O)nc3cc(C)ccc23)C1.Cl. The summed E-state index contributed by atoms with van der Waals surface area (Å²) in [4.78, 5) is 23.4. The second-order valence-corrected chi connectivity index (χ2v) is 7.33. The average molecular weight is 429 g/mol. The van der Waals surface area contributed by atoms with Crippen molar-refractivity contribution < 1.29 is 14.6 Å². The molecule has 1 saturated heterocycles. The zero-order valence-corrected chi connectivity index (χ0v) is 17.8. The van der Waals surface area contributed by atoms with E-state index in [1.54, 1.807) is 12.1 Å². The maximum atomic E-state index is 11.6. The van der Waals surface area contributed by atoms with E-state index in [2.05, 4.69) is 10.2 Å². The molecule has 0 unspecified atom stereocenters. The van der Waals surface area contributed by atoms with Crippen molar-refractivity contribution in [3.8, 4) is 17.1 Å². The molecule has 0 aliphatic carbocycles. The lowest BCUT2D eigenvalue weighted by Gasteiger charge is -2.34. The van der Waals surface area contributed by atoms with Crippen LogP contribution in [-0.2, 0) is 4.74 Å². The molecule has 7 nitrogen and oxygen atoms in total. The van der Waals surface area contributed by atoms with Gasteiger partial charge in [0, 0.05) is 24.5 Å². The number of halogens is 1. The number of carbonyl (C=O) groups is 1. The van der Waals surface area contributed by atoms with E-state index >= 15 is 0 Å². The number of rotatable bonds is 3. The van der Waals surface area contributed by atoms with Crippen molar-refractivity contribution in [3.05, 3.63) is 48.0 Å². The number of benzene rings is 2. The number of hydrogen-bond acceptors (Lipinski definition) is 6. The van der Waals surface area contributed by atoms with E-state index in [1.165, 1.54) is 7.11 Å². The third-order valence-corrected chi connectivity index (χ3v) is 5.21. The van der Waals surface area contributed by atoms with Gasteiger partial charge in [-0.05, 0) is 49.6 Å². The zero-order valence-electron chi connectivity index (χ0n) is 17.0. The van der Waals surface area contributed by atoms with Crippen LogP contribution in [0.1, 0.15) is 18.4 Å². The maximum absolute atomic E-state index is 11.6. The Hall–Kier alpha value is -3.06. The van der Waals surface area contributed by atoms with Crippen LogP contribution in [0.4, 0.5) is 10.6 Å². The number of hydrogen-bond donors (Lipinski definition) is 2. The number of fused-ring (bicyclic) bond motifs is 1. The first-order valence-electron chi connectivity index (χ1n) is 9.71. The van der Waals surface area contributed by atoms with Crippen LogP contribution in [-0.4, -0.2) is 47.4 Å². The van der Waals surface area contributed by atoms with Crippen LogP contribution in [0.5, 0.6) is 5.75 Å². The fourth-order valence-electron chi connectivity index (χ4n) is 3.76. The summed E-state index contributed by atoms with van der Waals surface area (Å²) < 4.78 is 4.75. The van der Waals surface area contributed by atoms with Crippen LogP contribution in [0.3, 0.4) is 0 Å².